The summed E-state index contributed by atoms with van der Waals surface area (Å²) in [4.78, 5) is 0. The van der Waals surface area contributed by atoms with Gasteiger partial charge in [-0.05, 0) is 54.3 Å². The molecular formula is C24H26O2. The molecule has 134 valence electrons. The van der Waals surface area contributed by atoms with Crippen LogP contribution >= 0.6 is 0 Å². The summed E-state index contributed by atoms with van der Waals surface area (Å²) in [5.74, 6) is 2.11. The predicted molar refractivity (Wildman–Crippen MR) is 109 cm³/mol. The summed E-state index contributed by atoms with van der Waals surface area (Å²) in [5, 5.41) is 0. The minimum Gasteiger partial charge on any atom is -0.497 e. The molecule has 0 heterocycles. The van der Waals surface area contributed by atoms with Crippen molar-refractivity contribution in [2.45, 2.75) is 20.3 Å². The standard InChI is InChI=1S/C24H26O2/c1-5-22(23-8-6-7-17(23)2)24(18-9-13-20(25-3)14-10-18)19-11-15-21(26-4)16-12-19/h6-16,23H,5H2,1-4H3. The van der Waals surface area contributed by atoms with Gasteiger partial charge in [0.05, 0.1) is 14.2 Å². The van der Waals surface area contributed by atoms with Crippen LogP contribution in [0, 0.1) is 5.92 Å². The van der Waals surface area contributed by atoms with Crippen molar-refractivity contribution >= 4 is 5.57 Å². The van der Waals surface area contributed by atoms with E-state index in [2.05, 4.69) is 56.3 Å². The fraction of sp³-hybridized carbons (Fsp3) is 0.250. The molecule has 0 aromatic heterocycles. The Balaban J connectivity index is 2.17. The Morgan fingerprint density at radius 1 is 0.846 bits per heavy atom. The number of ether oxygens (including phenoxy) is 2. The van der Waals surface area contributed by atoms with Crippen molar-refractivity contribution in [2.24, 2.45) is 5.92 Å². The number of rotatable bonds is 6. The van der Waals surface area contributed by atoms with Gasteiger partial charge in [-0.2, -0.15) is 0 Å². The van der Waals surface area contributed by atoms with Gasteiger partial charge in [0, 0.05) is 5.92 Å². The highest BCUT2D eigenvalue weighted by Gasteiger charge is 2.20. The van der Waals surface area contributed by atoms with E-state index in [1.165, 1.54) is 27.8 Å². The molecule has 1 aliphatic carbocycles. The number of methoxy groups -OCH3 is 2. The molecule has 1 unspecified atom stereocenters. The van der Waals surface area contributed by atoms with Crippen LogP contribution in [0.1, 0.15) is 31.4 Å². The van der Waals surface area contributed by atoms with Crippen molar-refractivity contribution < 1.29 is 9.47 Å². The minimum absolute atomic E-state index is 0.360. The Bertz CT molecular complexity index is 787. The Labute approximate surface area is 156 Å². The highest BCUT2D eigenvalue weighted by molar-refractivity contribution is 5.83. The van der Waals surface area contributed by atoms with Crippen molar-refractivity contribution in [3.8, 4) is 11.5 Å². The summed E-state index contributed by atoms with van der Waals surface area (Å²) in [6.07, 6.45) is 7.66. The molecule has 26 heavy (non-hydrogen) atoms. The molecule has 2 aromatic rings. The lowest BCUT2D eigenvalue weighted by Crippen LogP contribution is -2.05. The number of hydrogen-bond donors (Lipinski definition) is 0. The van der Waals surface area contributed by atoms with Crippen LogP contribution in [0.25, 0.3) is 5.57 Å². The zero-order chi connectivity index (χ0) is 18.5. The van der Waals surface area contributed by atoms with E-state index in [1.54, 1.807) is 14.2 Å². The van der Waals surface area contributed by atoms with E-state index in [4.69, 9.17) is 9.47 Å². The second-order valence-electron chi connectivity index (χ2n) is 6.48. The molecule has 0 spiro atoms. The third kappa shape index (κ3) is 3.60. The lowest BCUT2D eigenvalue weighted by Gasteiger charge is -2.21. The molecule has 2 nitrogen and oxygen atoms in total. The fourth-order valence-electron chi connectivity index (χ4n) is 3.57. The Morgan fingerprint density at radius 2 is 1.35 bits per heavy atom. The van der Waals surface area contributed by atoms with Crippen LogP contribution in [-0.2, 0) is 0 Å². The molecule has 0 amide bonds. The molecule has 1 atom stereocenters. The first kappa shape index (κ1) is 18.1. The SMILES string of the molecule is CCC(=C(c1ccc(OC)cc1)c1ccc(OC)cc1)C1C=CC=C1C. The molecule has 0 radical (unpaired) electrons. The lowest BCUT2D eigenvalue weighted by molar-refractivity contribution is 0.414. The average Bonchev–Trinajstić information content (AvgIpc) is 3.12. The van der Waals surface area contributed by atoms with E-state index < -0.39 is 0 Å². The van der Waals surface area contributed by atoms with E-state index in [9.17, 15) is 0 Å². The van der Waals surface area contributed by atoms with Crippen LogP contribution in [0.2, 0.25) is 0 Å². The van der Waals surface area contributed by atoms with Crippen molar-refractivity contribution in [3.63, 3.8) is 0 Å². The minimum atomic E-state index is 0.360. The predicted octanol–water partition coefficient (Wildman–Crippen LogP) is 6.05. The third-order valence-corrected chi connectivity index (χ3v) is 4.99. The quantitative estimate of drug-likeness (QED) is 0.634. The van der Waals surface area contributed by atoms with Crippen LogP contribution in [0.4, 0.5) is 0 Å². The maximum absolute atomic E-state index is 5.34. The summed E-state index contributed by atoms with van der Waals surface area (Å²) < 4.78 is 10.7. The van der Waals surface area contributed by atoms with Gasteiger partial charge in [-0.25, -0.2) is 0 Å². The molecule has 0 fully saturated rings. The second kappa shape index (κ2) is 8.09. The van der Waals surface area contributed by atoms with Gasteiger partial charge >= 0.3 is 0 Å². The fourth-order valence-corrected chi connectivity index (χ4v) is 3.57. The van der Waals surface area contributed by atoms with Crippen molar-refractivity contribution in [1.82, 2.24) is 0 Å². The van der Waals surface area contributed by atoms with Crippen LogP contribution in [0.15, 0.2) is 77.9 Å². The summed E-state index contributed by atoms with van der Waals surface area (Å²) in [5.41, 5.74) is 6.54. The molecule has 0 aliphatic heterocycles. The first-order valence-electron chi connectivity index (χ1n) is 9.04. The topological polar surface area (TPSA) is 18.5 Å². The molecule has 0 bridgehead atoms. The molecule has 2 aromatic carbocycles. The lowest BCUT2D eigenvalue weighted by atomic mass is 9.83. The van der Waals surface area contributed by atoms with Crippen LogP contribution in [0.5, 0.6) is 11.5 Å². The smallest absolute Gasteiger partial charge is 0.118 e. The first-order chi connectivity index (χ1) is 12.7. The zero-order valence-electron chi connectivity index (χ0n) is 16.0. The van der Waals surface area contributed by atoms with Crippen LogP contribution < -0.4 is 9.47 Å². The molecular weight excluding hydrogens is 320 g/mol. The number of allylic oxidation sites excluding steroid dienone is 5. The van der Waals surface area contributed by atoms with Gasteiger partial charge in [0.15, 0.2) is 0 Å². The van der Waals surface area contributed by atoms with E-state index >= 15 is 0 Å². The molecule has 0 saturated carbocycles. The highest BCUT2D eigenvalue weighted by Crippen LogP contribution is 2.38. The van der Waals surface area contributed by atoms with Crippen molar-refractivity contribution in [3.05, 3.63) is 89.0 Å². The second-order valence-corrected chi connectivity index (χ2v) is 6.48. The van der Waals surface area contributed by atoms with E-state index in [1.807, 2.05) is 24.3 Å². The summed E-state index contributed by atoms with van der Waals surface area (Å²) in [6, 6.07) is 16.7. The summed E-state index contributed by atoms with van der Waals surface area (Å²) >= 11 is 0. The largest absolute Gasteiger partial charge is 0.497 e. The van der Waals surface area contributed by atoms with Gasteiger partial charge in [0.2, 0.25) is 0 Å². The van der Waals surface area contributed by atoms with Gasteiger partial charge in [0.1, 0.15) is 11.5 Å². The highest BCUT2D eigenvalue weighted by atomic mass is 16.5. The molecule has 3 rings (SSSR count). The summed E-state index contributed by atoms with van der Waals surface area (Å²) in [6.45, 7) is 4.45. The van der Waals surface area contributed by atoms with Crippen molar-refractivity contribution in [2.75, 3.05) is 14.2 Å². The normalized spacial score (nSPS) is 15.5. The summed E-state index contributed by atoms with van der Waals surface area (Å²) in [7, 11) is 3.40. The molecule has 2 heteroatoms. The van der Waals surface area contributed by atoms with E-state index in [-0.39, 0.29) is 0 Å². The average molecular weight is 346 g/mol. The molecule has 0 N–H and O–H groups in total. The Kier molecular flexibility index (Phi) is 5.62. The molecule has 1 aliphatic rings. The Morgan fingerprint density at radius 3 is 1.69 bits per heavy atom. The first-order valence-corrected chi connectivity index (χ1v) is 9.04. The maximum Gasteiger partial charge on any atom is 0.118 e. The van der Waals surface area contributed by atoms with Gasteiger partial charge in [-0.3, -0.25) is 0 Å². The van der Waals surface area contributed by atoms with Crippen molar-refractivity contribution in [1.29, 1.82) is 0 Å². The van der Waals surface area contributed by atoms with Crippen LogP contribution in [0.3, 0.4) is 0 Å². The van der Waals surface area contributed by atoms with E-state index in [0.717, 1.165) is 17.9 Å². The Hall–Kier alpha value is -2.74. The maximum atomic E-state index is 5.34. The van der Waals surface area contributed by atoms with Gasteiger partial charge in [-0.1, -0.05) is 60.6 Å². The van der Waals surface area contributed by atoms with Gasteiger partial charge < -0.3 is 9.47 Å². The van der Waals surface area contributed by atoms with Gasteiger partial charge in [-0.15, -0.1) is 0 Å². The zero-order valence-corrected chi connectivity index (χ0v) is 16.0. The third-order valence-electron chi connectivity index (χ3n) is 4.99. The monoisotopic (exact) mass is 346 g/mol. The molecule has 0 saturated heterocycles. The number of hydrogen-bond acceptors (Lipinski definition) is 2. The van der Waals surface area contributed by atoms with E-state index in [0.29, 0.717) is 5.92 Å². The van der Waals surface area contributed by atoms with Crippen LogP contribution in [-0.4, -0.2) is 14.2 Å². The number of benzene rings is 2. The van der Waals surface area contributed by atoms with Gasteiger partial charge in [0.25, 0.3) is 0 Å².